The van der Waals surface area contributed by atoms with Gasteiger partial charge >= 0.3 is 0 Å². The number of likely N-dealkylation sites (N-methyl/N-ethyl adjacent to an activating group) is 1. The van der Waals surface area contributed by atoms with Crippen molar-refractivity contribution in [1.82, 2.24) is 15.1 Å². The molecular weight excluding hydrogens is 450 g/mol. The SMILES string of the molecule is C.C.C#CCNC(=O)C(C#N)CC1SC(CNc2cccc(OCCN(C)C)c2)C(=O)N1CC.[HH].[HH]. The maximum atomic E-state index is 12.9. The second-order valence-corrected chi connectivity index (χ2v) is 8.99. The number of anilines is 1. The summed E-state index contributed by atoms with van der Waals surface area (Å²) >= 11 is 1.48. The molecule has 8 nitrogen and oxygen atoms in total. The molecule has 0 aromatic heterocycles. The molecule has 1 aliphatic rings. The highest BCUT2D eigenvalue weighted by Crippen LogP contribution is 2.35. The summed E-state index contributed by atoms with van der Waals surface area (Å²) < 4.78 is 5.77. The fraction of sp³-hybridized carbons (Fsp3) is 0.560. The van der Waals surface area contributed by atoms with E-state index in [2.05, 4.69) is 21.5 Å². The quantitative estimate of drug-likeness (QED) is 0.431. The van der Waals surface area contributed by atoms with E-state index in [4.69, 9.17) is 11.2 Å². The van der Waals surface area contributed by atoms with Crippen LogP contribution in [0.15, 0.2) is 24.3 Å². The van der Waals surface area contributed by atoms with Crippen LogP contribution >= 0.6 is 11.8 Å². The fourth-order valence-corrected chi connectivity index (χ4v) is 4.77. The van der Waals surface area contributed by atoms with Crippen LogP contribution in [0.1, 0.15) is 31.1 Å². The van der Waals surface area contributed by atoms with Crippen LogP contribution in [0.5, 0.6) is 5.75 Å². The molecule has 2 rings (SSSR count). The Morgan fingerprint density at radius 3 is 2.76 bits per heavy atom. The van der Waals surface area contributed by atoms with Crippen molar-refractivity contribution in [3.63, 3.8) is 0 Å². The van der Waals surface area contributed by atoms with Gasteiger partial charge in [-0.2, -0.15) is 5.26 Å². The van der Waals surface area contributed by atoms with Gasteiger partial charge in [0.15, 0.2) is 0 Å². The number of hydrogen-bond acceptors (Lipinski definition) is 7. The summed E-state index contributed by atoms with van der Waals surface area (Å²) in [5, 5.41) is 14.7. The van der Waals surface area contributed by atoms with Gasteiger partial charge in [-0.3, -0.25) is 9.59 Å². The van der Waals surface area contributed by atoms with E-state index in [0.29, 0.717) is 19.7 Å². The van der Waals surface area contributed by atoms with Gasteiger partial charge in [0.05, 0.1) is 18.0 Å². The molecule has 3 unspecified atom stereocenters. The predicted molar refractivity (Wildman–Crippen MR) is 145 cm³/mol. The van der Waals surface area contributed by atoms with Crippen LogP contribution < -0.4 is 15.4 Å². The highest BCUT2D eigenvalue weighted by atomic mass is 32.2. The van der Waals surface area contributed by atoms with Crippen molar-refractivity contribution in [3.8, 4) is 24.2 Å². The summed E-state index contributed by atoms with van der Waals surface area (Å²) in [7, 11) is 3.99. The number of amides is 2. The zero-order valence-electron chi connectivity index (χ0n) is 18.8. The first-order chi connectivity index (χ1) is 15.4. The molecule has 1 heterocycles. The number of nitrogens with one attached hydrogen (secondary N) is 2. The monoisotopic (exact) mass is 493 g/mol. The summed E-state index contributed by atoms with van der Waals surface area (Å²) in [6.07, 6.45) is 5.43. The van der Waals surface area contributed by atoms with Gasteiger partial charge in [0.25, 0.3) is 0 Å². The Morgan fingerprint density at radius 2 is 2.15 bits per heavy atom. The lowest BCUT2D eigenvalue weighted by molar-refractivity contribution is -0.130. The van der Waals surface area contributed by atoms with Gasteiger partial charge in [-0.25, -0.2) is 0 Å². The number of nitrogens with zero attached hydrogens (tertiary/aromatic N) is 3. The van der Waals surface area contributed by atoms with Crippen LogP contribution in [0.2, 0.25) is 0 Å². The Bertz CT molecular complexity index is 876. The number of thioether (sulfide) groups is 1. The molecule has 1 aromatic carbocycles. The van der Waals surface area contributed by atoms with E-state index in [1.54, 1.807) is 4.90 Å². The highest BCUT2D eigenvalue weighted by Gasteiger charge is 2.41. The van der Waals surface area contributed by atoms with Gasteiger partial charge < -0.3 is 25.2 Å². The molecule has 34 heavy (non-hydrogen) atoms. The molecule has 9 heteroatoms. The predicted octanol–water partition coefficient (Wildman–Crippen LogP) is 3.37. The van der Waals surface area contributed by atoms with Crippen LogP contribution in [0.4, 0.5) is 5.69 Å². The second-order valence-electron chi connectivity index (χ2n) is 7.60. The van der Waals surface area contributed by atoms with Crippen molar-refractivity contribution in [2.24, 2.45) is 5.92 Å². The molecule has 1 saturated heterocycles. The molecule has 2 amide bonds. The van der Waals surface area contributed by atoms with E-state index in [-0.39, 0.29) is 47.2 Å². The first kappa shape index (κ1) is 31.1. The minimum Gasteiger partial charge on any atom is -0.492 e. The average Bonchev–Trinajstić information content (AvgIpc) is 3.08. The van der Waals surface area contributed by atoms with Crippen LogP contribution in [0, 0.1) is 29.6 Å². The molecule has 0 aliphatic carbocycles. The standard InChI is InChI=1S/C23H31N5O3S.2CH4.2H2/c1-5-10-25-22(29)17(15-24)13-21-28(6-2)23(30)20(32-21)16-26-18-8-7-9-19(14-18)31-12-11-27(3)4;;;;/h1,7-9,14,17,20-21,26H,6,10-13,16H2,2-4H3,(H,25,29);2*1H4;2*1H. The van der Waals surface area contributed by atoms with E-state index >= 15 is 0 Å². The van der Waals surface area contributed by atoms with E-state index in [1.807, 2.05) is 51.4 Å². The fourth-order valence-electron chi connectivity index (χ4n) is 3.26. The van der Waals surface area contributed by atoms with E-state index < -0.39 is 11.8 Å². The molecule has 0 spiro atoms. The van der Waals surface area contributed by atoms with Gasteiger partial charge in [-0.15, -0.1) is 18.2 Å². The molecule has 2 N–H and O–H groups in total. The van der Waals surface area contributed by atoms with Gasteiger partial charge in [0, 0.05) is 40.7 Å². The third-order valence-corrected chi connectivity index (χ3v) is 6.43. The molecular formula is C25H43N5O3S. The lowest BCUT2D eigenvalue weighted by Gasteiger charge is -2.23. The summed E-state index contributed by atoms with van der Waals surface area (Å²) in [6.45, 7) is 4.36. The van der Waals surface area contributed by atoms with Crippen molar-refractivity contribution < 1.29 is 17.2 Å². The third kappa shape index (κ3) is 9.17. The van der Waals surface area contributed by atoms with Gasteiger partial charge in [-0.05, 0) is 33.2 Å². The lowest BCUT2D eigenvalue weighted by Crippen LogP contribution is -2.38. The van der Waals surface area contributed by atoms with E-state index in [0.717, 1.165) is 18.0 Å². The second kappa shape index (κ2) is 15.9. The van der Waals surface area contributed by atoms with Crippen molar-refractivity contribution in [2.45, 2.75) is 38.8 Å². The number of ether oxygens (including phenoxy) is 1. The number of hydrogen-bond donors (Lipinski definition) is 2. The zero-order valence-corrected chi connectivity index (χ0v) is 19.7. The molecule has 1 fully saturated rings. The number of terminal acetylenes is 1. The third-order valence-electron chi connectivity index (χ3n) is 4.98. The maximum absolute atomic E-state index is 12.9. The number of benzene rings is 1. The van der Waals surface area contributed by atoms with E-state index in [1.165, 1.54) is 11.8 Å². The van der Waals surface area contributed by atoms with Crippen LogP contribution in [-0.2, 0) is 9.59 Å². The Morgan fingerprint density at radius 1 is 1.41 bits per heavy atom. The zero-order chi connectivity index (χ0) is 23.5. The van der Waals surface area contributed by atoms with Gasteiger partial charge in [0.1, 0.15) is 23.5 Å². The molecule has 0 bridgehead atoms. The lowest BCUT2D eigenvalue weighted by atomic mass is 10.1. The summed E-state index contributed by atoms with van der Waals surface area (Å²) in [5.41, 5.74) is 0.871. The molecule has 1 aliphatic heterocycles. The molecule has 0 saturated carbocycles. The Hall–Kier alpha value is -2.88. The number of carbonyl (C=O) groups excluding carboxylic acids is 2. The van der Waals surface area contributed by atoms with Crippen molar-refractivity contribution in [1.29, 1.82) is 5.26 Å². The summed E-state index contributed by atoms with van der Waals surface area (Å²) in [6, 6.07) is 9.69. The molecule has 1 aromatic rings. The van der Waals surface area contributed by atoms with Gasteiger partial charge in [-0.1, -0.05) is 26.8 Å². The first-order valence-electron chi connectivity index (χ1n) is 10.6. The van der Waals surface area contributed by atoms with Gasteiger partial charge in [0.2, 0.25) is 11.8 Å². The number of carbonyl (C=O) groups is 2. The largest absolute Gasteiger partial charge is 0.492 e. The highest BCUT2D eigenvalue weighted by molar-refractivity contribution is 8.01. The molecule has 3 atom stereocenters. The normalized spacial score (nSPS) is 17.6. The smallest absolute Gasteiger partial charge is 0.238 e. The minimum absolute atomic E-state index is 0. The van der Waals surface area contributed by atoms with Crippen LogP contribution in [0.25, 0.3) is 0 Å². The summed E-state index contributed by atoms with van der Waals surface area (Å²) in [4.78, 5) is 28.8. The van der Waals surface area contributed by atoms with E-state index in [9.17, 15) is 14.9 Å². The van der Waals surface area contributed by atoms with Crippen molar-refractivity contribution >= 4 is 29.3 Å². The number of rotatable bonds is 12. The Labute approximate surface area is 212 Å². The maximum Gasteiger partial charge on any atom is 0.238 e. The Kier molecular flexibility index (Phi) is 14.5. The Balaban J connectivity index is -0.00000272. The topological polar surface area (TPSA) is 97.7 Å². The average molecular weight is 494 g/mol. The van der Waals surface area contributed by atoms with Crippen LogP contribution in [0.3, 0.4) is 0 Å². The van der Waals surface area contributed by atoms with Crippen molar-refractivity contribution in [2.75, 3.05) is 52.2 Å². The van der Waals surface area contributed by atoms with Crippen molar-refractivity contribution in [3.05, 3.63) is 24.3 Å². The molecule has 0 radical (unpaired) electrons. The molecule has 192 valence electrons. The summed E-state index contributed by atoms with van der Waals surface area (Å²) in [5.74, 6) is 1.85. The first-order valence-corrected chi connectivity index (χ1v) is 11.5. The minimum atomic E-state index is -0.856. The number of nitriles is 1. The van der Waals surface area contributed by atoms with Crippen LogP contribution in [-0.4, -0.2) is 79.1 Å².